The van der Waals surface area contributed by atoms with Crippen LogP contribution in [-0.4, -0.2) is 30.1 Å². The Morgan fingerprint density at radius 1 is 1.26 bits per heavy atom. The molecular weight excluding hydrogens is 312 g/mol. The highest BCUT2D eigenvalue weighted by molar-refractivity contribution is 7.12. The van der Waals surface area contributed by atoms with E-state index < -0.39 is 0 Å². The van der Waals surface area contributed by atoms with E-state index in [1.54, 1.807) is 16.2 Å². The van der Waals surface area contributed by atoms with Gasteiger partial charge >= 0.3 is 6.09 Å². The van der Waals surface area contributed by atoms with Crippen LogP contribution in [0.25, 0.3) is 0 Å². The first kappa shape index (κ1) is 15.6. The number of aryl methyl sites for hydroxylation is 1. The van der Waals surface area contributed by atoms with Gasteiger partial charge in [0.25, 0.3) is 0 Å². The lowest BCUT2D eigenvalue weighted by atomic mass is 10.2. The molecule has 0 bridgehead atoms. The summed E-state index contributed by atoms with van der Waals surface area (Å²) in [6, 6.07) is 11.5. The first-order chi connectivity index (χ1) is 11.1. The monoisotopic (exact) mass is 330 g/mol. The number of nitrogens with one attached hydrogen (secondary N) is 1. The summed E-state index contributed by atoms with van der Waals surface area (Å²) in [6.07, 6.45) is 0.119. The number of ether oxygens (including phenoxy) is 1. The third kappa shape index (κ3) is 4.10. The van der Waals surface area contributed by atoms with Gasteiger partial charge in [0.15, 0.2) is 0 Å². The summed E-state index contributed by atoms with van der Waals surface area (Å²) in [7, 11) is 0. The maximum Gasteiger partial charge on any atom is 0.410 e. The number of benzene rings is 1. The fourth-order valence-corrected chi connectivity index (χ4v) is 3.32. The summed E-state index contributed by atoms with van der Waals surface area (Å²) in [6.45, 7) is 3.63. The number of nitrogens with zero attached hydrogens (tertiary/aromatic N) is 1. The highest BCUT2D eigenvalue weighted by Crippen LogP contribution is 2.17. The van der Waals surface area contributed by atoms with Crippen molar-refractivity contribution in [1.29, 1.82) is 0 Å². The second-order valence-electron chi connectivity index (χ2n) is 5.47. The van der Waals surface area contributed by atoms with Gasteiger partial charge in [-0.25, -0.2) is 4.79 Å². The van der Waals surface area contributed by atoms with Gasteiger partial charge in [-0.05, 0) is 36.8 Å². The Labute approximate surface area is 138 Å². The molecule has 6 heteroatoms. The van der Waals surface area contributed by atoms with Crippen molar-refractivity contribution in [2.24, 2.45) is 0 Å². The molecule has 1 aromatic carbocycles. The standard InChI is InChI=1S/C17H18N2O3S/c1-12-2-7-15(23-12)10-16(20)18-14-5-3-13(4-6-14)11-19-8-9-22-17(19)21/h2-7H,8-11H2,1H3,(H,18,20). The van der Waals surface area contributed by atoms with Gasteiger partial charge in [-0.3, -0.25) is 4.79 Å². The van der Waals surface area contributed by atoms with Crippen LogP contribution in [0.5, 0.6) is 0 Å². The minimum Gasteiger partial charge on any atom is -0.448 e. The van der Waals surface area contributed by atoms with E-state index in [0.29, 0.717) is 26.1 Å². The van der Waals surface area contributed by atoms with Crippen LogP contribution in [0.15, 0.2) is 36.4 Å². The van der Waals surface area contributed by atoms with Crippen molar-refractivity contribution < 1.29 is 14.3 Å². The zero-order valence-corrected chi connectivity index (χ0v) is 13.7. The number of carbonyl (C=O) groups is 2. The molecule has 23 heavy (non-hydrogen) atoms. The largest absolute Gasteiger partial charge is 0.448 e. The van der Waals surface area contributed by atoms with E-state index in [-0.39, 0.29) is 12.0 Å². The van der Waals surface area contributed by atoms with Crippen LogP contribution in [0.3, 0.4) is 0 Å². The van der Waals surface area contributed by atoms with Gasteiger partial charge in [-0.15, -0.1) is 11.3 Å². The Bertz CT molecular complexity index is 709. The molecule has 0 radical (unpaired) electrons. The van der Waals surface area contributed by atoms with E-state index >= 15 is 0 Å². The van der Waals surface area contributed by atoms with E-state index in [1.807, 2.05) is 43.3 Å². The van der Waals surface area contributed by atoms with Gasteiger partial charge in [0.2, 0.25) is 5.91 Å². The summed E-state index contributed by atoms with van der Waals surface area (Å²) in [5.41, 5.74) is 1.77. The summed E-state index contributed by atoms with van der Waals surface area (Å²) in [4.78, 5) is 27.4. The van der Waals surface area contributed by atoms with E-state index in [1.165, 1.54) is 4.88 Å². The van der Waals surface area contributed by atoms with Gasteiger partial charge in [0, 0.05) is 22.0 Å². The van der Waals surface area contributed by atoms with Crippen molar-refractivity contribution in [2.45, 2.75) is 19.9 Å². The fourth-order valence-electron chi connectivity index (χ4n) is 2.43. The van der Waals surface area contributed by atoms with E-state index in [2.05, 4.69) is 5.32 Å². The number of anilines is 1. The SMILES string of the molecule is Cc1ccc(CC(=O)Nc2ccc(CN3CCOC3=O)cc2)s1. The van der Waals surface area contributed by atoms with Crippen LogP contribution in [0.1, 0.15) is 15.3 Å². The van der Waals surface area contributed by atoms with Crippen LogP contribution in [-0.2, 0) is 22.5 Å². The Kier molecular flexibility index (Phi) is 4.62. The molecular formula is C17H18N2O3S. The van der Waals surface area contributed by atoms with Crippen LogP contribution in [0.2, 0.25) is 0 Å². The quantitative estimate of drug-likeness (QED) is 0.916. The second kappa shape index (κ2) is 6.83. The molecule has 0 saturated carbocycles. The number of amides is 2. The van der Waals surface area contributed by atoms with Gasteiger partial charge in [-0.2, -0.15) is 0 Å². The fraction of sp³-hybridized carbons (Fsp3) is 0.294. The van der Waals surface area contributed by atoms with Crippen molar-refractivity contribution >= 4 is 29.0 Å². The smallest absolute Gasteiger partial charge is 0.410 e. The molecule has 0 spiro atoms. The molecule has 1 fully saturated rings. The minimum atomic E-state index is -0.270. The molecule has 2 heterocycles. The van der Waals surface area contributed by atoms with Crippen LogP contribution >= 0.6 is 11.3 Å². The summed E-state index contributed by atoms with van der Waals surface area (Å²) in [5, 5.41) is 2.89. The van der Waals surface area contributed by atoms with Crippen LogP contribution in [0, 0.1) is 6.92 Å². The molecule has 0 aliphatic carbocycles. The maximum atomic E-state index is 12.0. The second-order valence-corrected chi connectivity index (χ2v) is 6.84. The van der Waals surface area contributed by atoms with E-state index in [9.17, 15) is 9.59 Å². The number of rotatable bonds is 5. The van der Waals surface area contributed by atoms with Gasteiger partial charge in [-0.1, -0.05) is 12.1 Å². The molecule has 1 N–H and O–H groups in total. The molecule has 5 nitrogen and oxygen atoms in total. The molecule has 120 valence electrons. The molecule has 1 aliphatic rings. The zero-order chi connectivity index (χ0) is 16.2. The molecule has 0 atom stereocenters. The number of cyclic esters (lactones) is 1. The third-order valence-electron chi connectivity index (χ3n) is 3.59. The Morgan fingerprint density at radius 3 is 2.65 bits per heavy atom. The van der Waals surface area contributed by atoms with Crippen molar-refractivity contribution in [3.05, 3.63) is 51.7 Å². The lowest BCUT2D eigenvalue weighted by Gasteiger charge is -2.13. The lowest BCUT2D eigenvalue weighted by Crippen LogP contribution is -2.23. The zero-order valence-electron chi connectivity index (χ0n) is 12.9. The Morgan fingerprint density at radius 2 is 2.04 bits per heavy atom. The van der Waals surface area contributed by atoms with Gasteiger partial charge < -0.3 is 15.0 Å². The topological polar surface area (TPSA) is 58.6 Å². The highest BCUT2D eigenvalue weighted by atomic mass is 32.1. The highest BCUT2D eigenvalue weighted by Gasteiger charge is 2.21. The maximum absolute atomic E-state index is 12.0. The Hall–Kier alpha value is -2.34. The third-order valence-corrected chi connectivity index (χ3v) is 4.59. The van der Waals surface area contributed by atoms with Crippen LogP contribution < -0.4 is 5.32 Å². The molecule has 1 saturated heterocycles. The first-order valence-electron chi connectivity index (χ1n) is 7.46. The molecule has 3 rings (SSSR count). The average Bonchev–Trinajstić information content (AvgIpc) is 3.10. The van der Waals surface area contributed by atoms with Gasteiger partial charge in [0.05, 0.1) is 13.0 Å². The van der Waals surface area contributed by atoms with Gasteiger partial charge in [0.1, 0.15) is 6.61 Å². The number of carbonyl (C=O) groups excluding carboxylic acids is 2. The lowest BCUT2D eigenvalue weighted by molar-refractivity contribution is -0.115. The predicted octanol–water partition coefficient (Wildman–Crippen LogP) is 3.19. The Balaban J connectivity index is 1.54. The van der Waals surface area contributed by atoms with Crippen molar-refractivity contribution in [2.75, 3.05) is 18.5 Å². The summed E-state index contributed by atoms with van der Waals surface area (Å²) >= 11 is 1.64. The first-order valence-corrected chi connectivity index (χ1v) is 8.27. The van der Waals surface area contributed by atoms with Crippen molar-refractivity contribution in [3.63, 3.8) is 0 Å². The van der Waals surface area contributed by atoms with Crippen molar-refractivity contribution in [1.82, 2.24) is 4.90 Å². The normalized spacial score (nSPS) is 14.0. The minimum absolute atomic E-state index is 0.0253. The predicted molar refractivity (Wildman–Crippen MR) is 89.6 cm³/mol. The summed E-state index contributed by atoms with van der Waals surface area (Å²) in [5.74, 6) is -0.0253. The molecule has 0 unspecified atom stereocenters. The molecule has 2 amide bonds. The molecule has 2 aromatic rings. The van der Waals surface area contributed by atoms with E-state index in [0.717, 1.165) is 16.1 Å². The van der Waals surface area contributed by atoms with E-state index in [4.69, 9.17) is 4.74 Å². The number of hydrogen-bond donors (Lipinski definition) is 1. The number of thiophene rings is 1. The van der Waals surface area contributed by atoms with Crippen molar-refractivity contribution in [3.8, 4) is 0 Å². The van der Waals surface area contributed by atoms with Crippen LogP contribution in [0.4, 0.5) is 10.5 Å². The average molecular weight is 330 g/mol. The molecule has 1 aliphatic heterocycles. The molecule has 1 aromatic heterocycles. The number of hydrogen-bond acceptors (Lipinski definition) is 4. The summed E-state index contributed by atoms with van der Waals surface area (Å²) < 4.78 is 4.90.